The van der Waals surface area contributed by atoms with Gasteiger partial charge in [-0.05, 0) is 42.5 Å². The summed E-state index contributed by atoms with van der Waals surface area (Å²) in [5.74, 6) is 0.170. The molecular weight excluding hydrogens is 478 g/mol. The van der Waals surface area contributed by atoms with E-state index in [0.29, 0.717) is 43.1 Å². The van der Waals surface area contributed by atoms with Crippen LogP contribution >= 0.6 is 22.9 Å². The van der Waals surface area contributed by atoms with Crippen molar-refractivity contribution in [2.24, 2.45) is 0 Å². The number of rotatable bonds is 6. The third-order valence-electron chi connectivity index (χ3n) is 5.44. The summed E-state index contributed by atoms with van der Waals surface area (Å²) in [4.78, 5) is 45.3. The van der Waals surface area contributed by atoms with Crippen molar-refractivity contribution in [3.63, 3.8) is 0 Å². The summed E-state index contributed by atoms with van der Waals surface area (Å²) >= 11 is 7.65. The van der Waals surface area contributed by atoms with Gasteiger partial charge < -0.3 is 9.15 Å². The number of carbonyl (C=O) groups is 3. The zero-order valence-corrected chi connectivity index (χ0v) is 19.6. The van der Waals surface area contributed by atoms with Gasteiger partial charge in [-0.3, -0.25) is 24.2 Å². The van der Waals surface area contributed by atoms with E-state index >= 15 is 0 Å². The predicted molar refractivity (Wildman–Crippen MR) is 129 cm³/mol. The Hall–Kier alpha value is -3.69. The van der Waals surface area contributed by atoms with Crippen LogP contribution in [0, 0.1) is 0 Å². The molecule has 0 bridgehead atoms. The number of aromatic nitrogens is 1. The molecule has 2 aromatic heterocycles. The Balaban J connectivity index is 1.57. The smallest absolute Gasteiger partial charge is 0.260 e. The van der Waals surface area contributed by atoms with E-state index in [2.05, 4.69) is 4.98 Å². The quantitative estimate of drug-likeness (QED) is 0.347. The van der Waals surface area contributed by atoms with Crippen LogP contribution < -0.4 is 14.5 Å². The van der Waals surface area contributed by atoms with Gasteiger partial charge in [-0.1, -0.05) is 29.0 Å². The van der Waals surface area contributed by atoms with Gasteiger partial charge in [0.2, 0.25) is 11.8 Å². The Bertz CT molecular complexity index is 1400. The Labute approximate surface area is 203 Å². The van der Waals surface area contributed by atoms with E-state index in [1.807, 2.05) is 0 Å². The first-order valence-corrected chi connectivity index (χ1v) is 11.6. The number of nitrogens with zero attached hydrogens (tertiary/aromatic N) is 3. The fourth-order valence-electron chi connectivity index (χ4n) is 3.80. The van der Waals surface area contributed by atoms with E-state index in [1.54, 1.807) is 55.6 Å². The molecule has 8 nitrogen and oxygen atoms in total. The Morgan fingerprint density at radius 3 is 2.68 bits per heavy atom. The highest BCUT2D eigenvalue weighted by Gasteiger charge is 2.31. The van der Waals surface area contributed by atoms with Crippen LogP contribution in [-0.4, -0.2) is 29.8 Å². The summed E-state index contributed by atoms with van der Waals surface area (Å²) < 4.78 is 11.6. The number of amides is 3. The minimum absolute atomic E-state index is 0.122. The average Bonchev–Trinajstić information content (AvgIpc) is 3.58. The second kappa shape index (κ2) is 8.92. The third-order valence-corrected chi connectivity index (χ3v) is 6.98. The van der Waals surface area contributed by atoms with E-state index in [4.69, 9.17) is 20.8 Å². The molecular formula is C24H18ClN3O5S. The van der Waals surface area contributed by atoms with Crippen LogP contribution in [0.25, 0.3) is 10.2 Å². The summed E-state index contributed by atoms with van der Waals surface area (Å²) in [7, 11) is 1.54. The fraction of sp³-hybridized carbons (Fsp3) is 0.167. The summed E-state index contributed by atoms with van der Waals surface area (Å²) in [6, 6.07) is 13.4. The van der Waals surface area contributed by atoms with Crippen molar-refractivity contribution in [3.8, 4) is 5.75 Å². The highest BCUT2D eigenvalue weighted by molar-refractivity contribution is 7.23. The SMILES string of the molecule is COc1ccc(Cl)c2sc(N(Cc3ccco3)C(=O)c3cccc(N4C(=O)CCC4=O)c3)nc12. The number of hydrogen-bond donors (Lipinski definition) is 0. The zero-order chi connectivity index (χ0) is 23.8. The Kier molecular flexibility index (Phi) is 5.80. The summed E-state index contributed by atoms with van der Waals surface area (Å²) in [6.45, 7) is 0.122. The van der Waals surface area contributed by atoms with Crippen molar-refractivity contribution in [2.45, 2.75) is 19.4 Å². The van der Waals surface area contributed by atoms with Crippen LogP contribution in [0.2, 0.25) is 5.02 Å². The van der Waals surface area contributed by atoms with Crippen molar-refractivity contribution in [1.82, 2.24) is 4.98 Å². The molecule has 3 amide bonds. The molecule has 1 aliphatic heterocycles. The molecule has 5 rings (SSSR count). The van der Waals surface area contributed by atoms with Gasteiger partial charge in [-0.2, -0.15) is 0 Å². The number of hydrogen-bond acceptors (Lipinski definition) is 7. The maximum atomic E-state index is 13.7. The van der Waals surface area contributed by atoms with Gasteiger partial charge in [0.25, 0.3) is 5.91 Å². The number of anilines is 2. The van der Waals surface area contributed by atoms with Crippen molar-refractivity contribution in [3.05, 3.63) is 71.1 Å². The summed E-state index contributed by atoms with van der Waals surface area (Å²) in [5, 5.41) is 0.902. The van der Waals surface area contributed by atoms with E-state index in [0.717, 1.165) is 4.90 Å². The van der Waals surface area contributed by atoms with Crippen LogP contribution in [0.4, 0.5) is 10.8 Å². The van der Waals surface area contributed by atoms with Gasteiger partial charge in [0.15, 0.2) is 5.13 Å². The molecule has 1 aliphatic rings. The normalized spacial score (nSPS) is 13.6. The molecule has 1 fully saturated rings. The molecule has 0 unspecified atom stereocenters. The summed E-state index contributed by atoms with van der Waals surface area (Å²) in [5.41, 5.74) is 1.22. The van der Waals surface area contributed by atoms with E-state index in [9.17, 15) is 14.4 Å². The van der Waals surface area contributed by atoms with Gasteiger partial charge in [0.05, 0.1) is 35.3 Å². The fourth-order valence-corrected chi connectivity index (χ4v) is 5.06. The third kappa shape index (κ3) is 3.93. The van der Waals surface area contributed by atoms with Crippen LogP contribution in [-0.2, 0) is 16.1 Å². The second-order valence-corrected chi connectivity index (χ2v) is 8.95. The maximum absolute atomic E-state index is 13.7. The molecule has 2 aromatic carbocycles. The average molecular weight is 496 g/mol. The maximum Gasteiger partial charge on any atom is 0.260 e. The van der Waals surface area contributed by atoms with Gasteiger partial charge in [-0.25, -0.2) is 4.98 Å². The van der Waals surface area contributed by atoms with Crippen LogP contribution in [0.5, 0.6) is 5.75 Å². The largest absolute Gasteiger partial charge is 0.494 e. The minimum Gasteiger partial charge on any atom is -0.494 e. The van der Waals surface area contributed by atoms with Crippen molar-refractivity contribution in [2.75, 3.05) is 16.9 Å². The lowest BCUT2D eigenvalue weighted by Crippen LogP contribution is -2.31. The lowest BCUT2D eigenvalue weighted by molar-refractivity contribution is -0.121. The molecule has 3 heterocycles. The number of furan rings is 1. The van der Waals surface area contributed by atoms with Crippen LogP contribution in [0.3, 0.4) is 0 Å². The Morgan fingerprint density at radius 2 is 1.97 bits per heavy atom. The van der Waals surface area contributed by atoms with Crippen LogP contribution in [0.15, 0.2) is 59.2 Å². The van der Waals surface area contributed by atoms with Crippen LogP contribution in [0.1, 0.15) is 29.0 Å². The molecule has 0 aliphatic carbocycles. The predicted octanol–water partition coefficient (Wildman–Crippen LogP) is 5.05. The zero-order valence-electron chi connectivity index (χ0n) is 18.0. The molecule has 172 valence electrons. The van der Waals surface area contributed by atoms with Gasteiger partial charge >= 0.3 is 0 Å². The number of halogens is 1. The molecule has 0 saturated carbocycles. The number of carbonyl (C=O) groups excluding carboxylic acids is 3. The lowest BCUT2D eigenvalue weighted by Gasteiger charge is -2.20. The molecule has 0 N–H and O–H groups in total. The molecule has 0 atom stereocenters. The highest BCUT2D eigenvalue weighted by Crippen LogP contribution is 2.39. The number of imide groups is 1. The van der Waals surface area contributed by atoms with Crippen molar-refractivity contribution in [1.29, 1.82) is 0 Å². The molecule has 0 radical (unpaired) electrons. The number of ether oxygens (including phenoxy) is 1. The van der Waals surface area contributed by atoms with E-state index in [-0.39, 0.29) is 37.1 Å². The number of methoxy groups -OCH3 is 1. The number of fused-ring (bicyclic) bond motifs is 1. The van der Waals surface area contributed by atoms with E-state index < -0.39 is 0 Å². The van der Waals surface area contributed by atoms with Crippen molar-refractivity contribution >= 4 is 61.7 Å². The molecule has 1 saturated heterocycles. The monoisotopic (exact) mass is 495 g/mol. The topological polar surface area (TPSA) is 93.0 Å². The van der Waals surface area contributed by atoms with Gasteiger partial charge in [0.1, 0.15) is 17.0 Å². The highest BCUT2D eigenvalue weighted by atomic mass is 35.5. The Morgan fingerprint density at radius 1 is 1.18 bits per heavy atom. The molecule has 34 heavy (non-hydrogen) atoms. The summed E-state index contributed by atoms with van der Waals surface area (Å²) in [6.07, 6.45) is 1.85. The second-order valence-electron chi connectivity index (χ2n) is 7.57. The standard InChI is InChI=1S/C24H18ClN3O5S/c1-32-18-8-7-17(25)22-21(18)26-24(34-22)27(13-16-6-3-11-33-16)23(31)14-4-2-5-15(12-14)28-19(29)9-10-20(28)30/h2-8,11-12H,9-10,13H2,1H3. The van der Waals surface area contributed by atoms with E-state index in [1.165, 1.54) is 22.5 Å². The molecule has 4 aromatic rings. The molecule has 0 spiro atoms. The number of thiazole rings is 1. The first-order valence-electron chi connectivity index (χ1n) is 10.4. The first-order chi connectivity index (χ1) is 16.5. The van der Waals surface area contributed by atoms with Gasteiger partial charge in [0, 0.05) is 18.4 Å². The first kappa shape index (κ1) is 22.1. The minimum atomic E-state index is -0.369. The molecule has 10 heteroatoms. The van der Waals surface area contributed by atoms with Crippen molar-refractivity contribution < 1.29 is 23.5 Å². The number of benzene rings is 2. The van der Waals surface area contributed by atoms with Gasteiger partial charge in [-0.15, -0.1) is 0 Å². The lowest BCUT2D eigenvalue weighted by atomic mass is 10.1.